The van der Waals surface area contributed by atoms with E-state index in [0.29, 0.717) is 19.4 Å². The van der Waals surface area contributed by atoms with E-state index < -0.39 is 5.41 Å². The molecule has 0 radical (unpaired) electrons. The van der Waals surface area contributed by atoms with Crippen LogP contribution in [0.3, 0.4) is 0 Å². The first kappa shape index (κ1) is 16.4. The Labute approximate surface area is 109 Å². The van der Waals surface area contributed by atoms with Crippen LogP contribution in [-0.2, 0) is 9.59 Å². The van der Waals surface area contributed by atoms with Crippen LogP contribution in [0.15, 0.2) is 0 Å². The Balaban J connectivity index is 4.60. The molecule has 0 fully saturated rings. The van der Waals surface area contributed by atoms with E-state index in [4.69, 9.17) is 0 Å². The highest BCUT2D eigenvalue weighted by Crippen LogP contribution is 2.27. The Kier molecular flexibility index (Phi) is 7.03. The monoisotopic (exact) mass is 253 g/mol. The molecular weight excluding hydrogens is 230 g/mol. The summed E-state index contributed by atoms with van der Waals surface area (Å²) in [5, 5.41) is 11.9. The molecule has 18 heavy (non-hydrogen) atoms. The van der Waals surface area contributed by atoms with Gasteiger partial charge in [0.05, 0.1) is 12.6 Å². The molecule has 0 aromatic carbocycles. The molecule has 0 saturated carbocycles. The van der Waals surface area contributed by atoms with E-state index in [1.807, 2.05) is 20.8 Å². The second-order valence-corrected chi connectivity index (χ2v) is 4.41. The number of nitrogens with zero attached hydrogens (tertiary/aromatic N) is 2. The van der Waals surface area contributed by atoms with E-state index >= 15 is 0 Å². The smallest absolute Gasteiger partial charge is 0.243 e. The van der Waals surface area contributed by atoms with E-state index in [0.717, 1.165) is 6.42 Å². The molecule has 0 bridgehead atoms. The summed E-state index contributed by atoms with van der Waals surface area (Å²) in [4.78, 5) is 25.0. The third kappa shape index (κ3) is 4.02. The number of carbonyl (C=O) groups excluding carboxylic acids is 2. The van der Waals surface area contributed by atoms with Crippen LogP contribution < -0.4 is 5.32 Å². The van der Waals surface area contributed by atoms with Crippen LogP contribution in [0.2, 0.25) is 0 Å². The molecule has 0 atom stereocenters. The van der Waals surface area contributed by atoms with Crippen molar-refractivity contribution in [2.24, 2.45) is 5.41 Å². The fourth-order valence-corrected chi connectivity index (χ4v) is 1.73. The Bertz CT molecular complexity index is 330. The first-order valence-electron chi connectivity index (χ1n) is 6.40. The average Bonchev–Trinajstić information content (AvgIpc) is 2.38. The molecule has 0 unspecified atom stereocenters. The van der Waals surface area contributed by atoms with Crippen LogP contribution in [0, 0.1) is 16.7 Å². The van der Waals surface area contributed by atoms with Gasteiger partial charge in [-0.25, -0.2) is 0 Å². The highest BCUT2D eigenvalue weighted by Gasteiger charge is 2.37. The number of carbonyl (C=O) groups is 2. The minimum Gasteiger partial charge on any atom is -0.355 e. The average molecular weight is 253 g/mol. The number of likely N-dealkylation sites (N-methyl/N-ethyl adjacent to an activating group) is 1. The summed E-state index contributed by atoms with van der Waals surface area (Å²) in [6.45, 7) is 6.20. The van der Waals surface area contributed by atoms with E-state index in [2.05, 4.69) is 11.4 Å². The second-order valence-electron chi connectivity index (χ2n) is 4.41. The molecule has 102 valence electrons. The lowest BCUT2D eigenvalue weighted by atomic mass is 9.82. The highest BCUT2D eigenvalue weighted by atomic mass is 16.2. The number of rotatable bonds is 7. The molecule has 0 aromatic rings. The summed E-state index contributed by atoms with van der Waals surface area (Å²) < 4.78 is 0. The first-order valence-corrected chi connectivity index (χ1v) is 6.40. The molecule has 0 saturated heterocycles. The van der Waals surface area contributed by atoms with E-state index in [-0.39, 0.29) is 18.4 Å². The Morgan fingerprint density at radius 3 is 2.22 bits per heavy atom. The number of nitrogens with one attached hydrogen (secondary N) is 1. The normalized spacial score (nSPS) is 10.6. The van der Waals surface area contributed by atoms with Crippen LogP contribution in [-0.4, -0.2) is 36.9 Å². The standard InChI is InChI=1S/C13H23N3O2/c1-5-8-15-11(17)9-16(4)12(18)13(6-2,7-3)10-14/h5-9H2,1-4H3,(H,15,17). The van der Waals surface area contributed by atoms with Crippen molar-refractivity contribution >= 4 is 11.8 Å². The van der Waals surface area contributed by atoms with E-state index in [1.54, 1.807) is 7.05 Å². The summed E-state index contributed by atoms with van der Waals surface area (Å²) in [5.74, 6) is -0.464. The number of hydrogen-bond acceptors (Lipinski definition) is 3. The zero-order valence-corrected chi connectivity index (χ0v) is 11.7. The van der Waals surface area contributed by atoms with Crippen LogP contribution in [0.1, 0.15) is 40.0 Å². The summed E-state index contributed by atoms with van der Waals surface area (Å²) in [6, 6.07) is 2.09. The Hall–Kier alpha value is -1.57. The summed E-state index contributed by atoms with van der Waals surface area (Å²) >= 11 is 0. The predicted octanol–water partition coefficient (Wildman–Crippen LogP) is 1.30. The van der Waals surface area contributed by atoms with Crippen molar-refractivity contribution < 1.29 is 9.59 Å². The van der Waals surface area contributed by atoms with Crippen molar-refractivity contribution in [3.05, 3.63) is 0 Å². The van der Waals surface area contributed by atoms with Gasteiger partial charge in [-0.1, -0.05) is 20.8 Å². The quantitative estimate of drug-likeness (QED) is 0.743. The Morgan fingerprint density at radius 1 is 1.28 bits per heavy atom. The van der Waals surface area contributed by atoms with Crippen molar-refractivity contribution in [3.8, 4) is 6.07 Å². The fourth-order valence-electron chi connectivity index (χ4n) is 1.73. The highest BCUT2D eigenvalue weighted by molar-refractivity contribution is 5.89. The van der Waals surface area contributed by atoms with Gasteiger partial charge in [-0.3, -0.25) is 9.59 Å². The zero-order chi connectivity index (χ0) is 14.2. The summed E-state index contributed by atoms with van der Waals surface area (Å²) in [7, 11) is 1.56. The largest absolute Gasteiger partial charge is 0.355 e. The maximum atomic E-state index is 12.2. The second kappa shape index (κ2) is 7.70. The fraction of sp³-hybridized carbons (Fsp3) is 0.769. The molecule has 1 N–H and O–H groups in total. The van der Waals surface area contributed by atoms with Crippen molar-refractivity contribution in [3.63, 3.8) is 0 Å². The molecule has 0 aliphatic carbocycles. The van der Waals surface area contributed by atoms with Gasteiger partial charge in [0, 0.05) is 13.6 Å². The van der Waals surface area contributed by atoms with E-state index in [1.165, 1.54) is 4.90 Å². The van der Waals surface area contributed by atoms with Crippen LogP contribution >= 0.6 is 0 Å². The van der Waals surface area contributed by atoms with Crippen molar-refractivity contribution in [1.82, 2.24) is 10.2 Å². The van der Waals surface area contributed by atoms with Gasteiger partial charge < -0.3 is 10.2 Å². The lowest BCUT2D eigenvalue weighted by Crippen LogP contribution is -2.45. The molecule has 0 aliphatic heterocycles. The van der Waals surface area contributed by atoms with Gasteiger partial charge >= 0.3 is 0 Å². The predicted molar refractivity (Wildman–Crippen MR) is 69.6 cm³/mol. The van der Waals surface area contributed by atoms with Gasteiger partial charge in [-0.15, -0.1) is 0 Å². The lowest BCUT2D eigenvalue weighted by Gasteiger charge is -2.28. The van der Waals surface area contributed by atoms with Gasteiger partial charge in [0.1, 0.15) is 5.41 Å². The first-order chi connectivity index (χ1) is 8.47. The van der Waals surface area contributed by atoms with Gasteiger partial charge in [0.2, 0.25) is 11.8 Å². The van der Waals surface area contributed by atoms with Crippen LogP contribution in [0.25, 0.3) is 0 Å². The summed E-state index contributed by atoms with van der Waals surface area (Å²) in [5.41, 5.74) is -1.00. The molecular formula is C13H23N3O2. The zero-order valence-electron chi connectivity index (χ0n) is 11.7. The molecule has 0 rings (SSSR count). The topological polar surface area (TPSA) is 73.2 Å². The van der Waals surface area contributed by atoms with E-state index in [9.17, 15) is 14.9 Å². The molecule has 0 aromatic heterocycles. The molecule has 0 aliphatic rings. The van der Waals surface area contributed by atoms with Crippen LogP contribution in [0.4, 0.5) is 0 Å². The third-order valence-corrected chi connectivity index (χ3v) is 3.13. The minimum absolute atomic E-state index is 0.00225. The lowest BCUT2D eigenvalue weighted by molar-refractivity contribution is -0.141. The number of hydrogen-bond donors (Lipinski definition) is 1. The minimum atomic E-state index is -1.00. The molecule has 5 heteroatoms. The van der Waals surface area contributed by atoms with Crippen molar-refractivity contribution in [1.29, 1.82) is 5.26 Å². The third-order valence-electron chi connectivity index (χ3n) is 3.13. The van der Waals surface area contributed by atoms with Gasteiger partial charge in [-0.05, 0) is 19.3 Å². The van der Waals surface area contributed by atoms with Gasteiger partial charge in [0.25, 0.3) is 0 Å². The number of amides is 2. The van der Waals surface area contributed by atoms with Gasteiger partial charge in [-0.2, -0.15) is 5.26 Å². The maximum absolute atomic E-state index is 12.2. The van der Waals surface area contributed by atoms with Crippen LogP contribution in [0.5, 0.6) is 0 Å². The maximum Gasteiger partial charge on any atom is 0.243 e. The molecule has 0 heterocycles. The van der Waals surface area contributed by atoms with Crippen molar-refractivity contribution in [2.75, 3.05) is 20.1 Å². The van der Waals surface area contributed by atoms with Crippen molar-refractivity contribution in [2.45, 2.75) is 40.0 Å². The summed E-state index contributed by atoms with van der Waals surface area (Å²) in [6.07, 6.45) is 1.77. The molecule has 2 amide bonds. The van der Waals surface area contributed by atoms with Gasteiger partial charge in [0.15, 0.2) is 0 Å². The number of nitriles is 1. The SMILES string of the molecule is CCCNC(=O)CN(C)C(=O)C(C#N)(CC)CC. The molecule has 0 spiro atoms. The molecule has 5 nitrogen and oxygen atoms in total. The Morgan fingerprint density at radius 2 is 1.83 bits per heavy atom.